The van der Waals surface area contributed by atoms with Gasteiger partial charge in [0.2, 0.25) is 5.91 Å². The number of rotatable bonds is 7. The Bertz CT molecular complexity index is 725. The second kappa shape index (κ2) is 8.82. The van der Waals surface area contributed by atoms with E-state index in [9.17, 15) is 9.59 Å². The van der Waals surface area contributed by atoms with Crippen molar-refractivity contribution in [1.29, 1.82) is 0 Å². The van der Waals surface area contributed by atoms with Crippen LogP contribution in [0.2, 0.25) is 0 Å². The van der Waals surface area contributed by atoms with Gasteiger partial charge in [0.15, 0.2) is 0 Å². The first-order valence-electron chi connectivity index (χ1n) is 8.29. The summed E-state index contributed by atoms with van der Waals surface area (Å²) in [4.78, 5) is 27.9. The number of benzene rings is 1. The molecule has 2 aromatic rings. The van der Waals surface area contributed by atoms with Crippen molar-refractivity contribution in [2.45, 2.75) is 26.7 Å². The van der Waals surface area contributed by atoms with Crippen molar-refractivity contribution in [2.75, 3.05) is 17.7 Å². The Kier molecular flexibility index (Phi) is 6.51. The molecular weight excluding hydrogens is 318 g/mol. The molecule has 0 unspecified atom stereocenters. The molecule has 0 bridgehead atoms. The van der Waals surface area contributed by atoms with Crippen LogP contribution in [0.25, 0.3) is 0 Å². The molecule has 132 valence electrons. The molecule has 25 heavy (non-hydrogen) atoms. The third-order valence-corrected chi connectivity index (χ3v) is 3.94. The van der Waals surface area contributed by atoms with Gasteiger partial charge in [-0.1, -0.05) is 19.9 Å². The maximum absolute atomic E-state index is 12.1. The summed E-state index contributed by atoms with van der Waals surface area (Å²) < 4.78 is 4.71. The Morgan fingerprint density at radius 1 is 1.12 bits per heavy atom. The highest BCUT2D eigenvalue weighted by Gasteiger charge is 2.14. The molecule has 0 saturated heterocycles. The second-order valence-corrected chi connectivity index (χ2v) is 5.63. The number of carbonyl (C=O) groups is 2. The number of esters is 1. The van der Waals surface area contributed by atoms with Crippen LogP contribution in [0.15, 0.2) is 42.6 Å². The molecular formula is C19H23N3O3. The number of hydrogen-bond donors (Lipinski definition) is 2. The minimum absolute atomic E-state index is 0.000614. The average Bonchev–Trinajstić information content (AvgIpc) is 2.64. The fourth-order valence-corrected chi connectivity index (χ4v) is 2.44. The van der Waals surface area contributed by atoms with Crippen molar-refractivity contribution in [2.24, 2.45) is 5.92 Å². The fraction of sp³-hybridized carbons (Fsp3) is 0.316. The van der Waals surface area contributed by atoms with Crippen LogP contribution < -0.4 is 10.6 Å². The quantitative estimate of drug-likeness (QED) is 0.744. The molecule has 0 radical (unpaired) electrons. The van der Waals surface area contributed by atoms with Gasteiger partial charge < -0.3 is 15.4 Å². The van der Waals surface area contributed by atoms with Crippen molar-refractivity contribution < 1.29 is 14.3 Å². The van der Waals surface area contributed by atoms with E-state index in [0.717, 1.165) is 24.2 Å². The van der Waals surface area contributed by atoms with Gasteiger partial charge in [-0.05, 0) is 43.2 Å². The SMILES string of the molecule is CCC(CC)C(=O)Nc1ccc(Nc2cccc(C(=O)OC)c2)cn1. The topological polar surface area (TPSA) is 80.3 Å². The zero-order chi connectivity index (χ0) is 18.2. The molecule has 0 aliphatic heterocycles. The molecule has 1 heterocycles. The van der Waals surface area contributed by atoms with Crippen LogP contribution in [-0.2, 0) is 9.53 Å². The second-order valence-electron chi connectivity index (χ2n) is 5.63. The van der Waals surface area contributed by atoms with E-state index in [1.165, 1.54) is 7.11 Å². The van der Waals surface area contributed by atoms with Gasteiger partial charge in [-0.2, -0.15) is 0 Å². The van der Waals surface area contributed by atoms with Crippen molar-refractivity contribution in [3.05, 3.63) is 48.2 Å². The maximum atomic E-state index is 12.1. The third-order valence-electron chi connectivity index (χ3n) is 3.94. The zero-order valence-corrected chi connectivity index (χ0v) is 14.7. The summed E-state index contributed by atoms with van der Waals surface area (Å²) in [6, 6.07) is 10.6. The minimum atomic E-state index is -0.388. The van der Waals surface area contributed by atoms with Gasteiger partial charge in [-0.3, -0.25) is 4.79 Å². The number of hydrogen-bond acceptors (Lipinski definition) is 5. The van der Waals surface area contributed by atoms with Crippen LogP contribution in [0.3, 0.4) is 0 Å². The van der Waals surface area contributed by atoms with Gasteiger partial charge >= 0.3 is 5.97 Å². The third kappa shape index (κ3) is 5.04. The molecule has 6 nitrogen and oxygen atoms in total. The molecule has 0 aliphatic carbocycles. The molecule has 1 amide bonds. The molecule has 0 saturated carbocycles. The van der Waals surface area contributed by atoms with Crippen molar-refractivity contribution in [3.63, 3.8) is 0 Å². The lowest BCUT2D eigenvalue weighted by Crippen LogP contribution is -2.22. The number of nitrogens with one attached hydrogen (secondary N) is 2. The largest absolute Gasteiger partial charge is 0.465 e. The van der Waals surface area contributed by atoms with E-state index in [0.29, 0.717) is 11.4 Å². The summed E-state index contributed by atoms with van der Waals surface area (Å²) in [5, 5.41) is 5.99. The number of carbonyl (C=O) groups excluding carboxylic acids is 2. The van der Waals surface area contributed by atoms with Gasteiger partial charge in [-0.25, -0.2) is 9.78 Å². The van der Waals surface area contributed by atoms with Gasteiger partial charge in [0.25, 0.3) is 0 Å². The van der Waals surface area contributed by atoms with Crippen LogP contribution in [-0.4, -0.2) is 24.0 Å². The van der Waals surface area contributed by atoms with E-state index in [1.807, 2.05) is 26.0 Å². The highest BCUT2D eigenvalue weighted by molar-refractivity contribution is 5.92. The van der Waals surface area contributed by atoms with Crippen LogP contribution >= 0.6 is 0 Å². The number of methoxy groups -OCH3 is 1. The van der Waals surface area contributed by atoms with Crippen LogP contribution in [0, 0.1) is 5.92 Å². The summed E-state index contributed by atoms with van der Waals surface area (Å²) >= 11 is 0. The number of aromatic nitrogens is 1. The first-order valence-corrected chi connectivity index (χ1v) is 8.29. The highest BCUT2D eigenvalue weighted by atomic mass is 16.5. The molecule has 6 heteroatoms. The van der Waals surface area contributed by atoms with Crippen LogP contribution in [0.4, 0.5) is 17.2 Å². The van der Waals surface area contributed by atoms with E-state index in [1.54, 1.807) is 30.5 Å². The predicted molar refractivity (Wildman–Crippen MR) is 98.0 cm³/mol. The Morgan fingerprint density at radius 2 is 1.88 bits per heavy atom. The number of pyridine rings is 1. The lowest BCUT2D eigenvalue weighted by Gasteiger charge is -2.13. The molecule has 1 aromatic carbocycles. The van der Waals surface area contributed by atoms with E-state index in [-0.39, 0.29) is 17.8 Å². The van der Waals surface area contributed by atoms with Crippen molar-refractivity contribution >= 4 is 29.1 Å². The Balaban J connectivity index is 2.03. The van der Waals surface area contributed by atoms with E-state index < -0.39 is 0 Å². The summed E-state index contributed by atoms with van der Waals surface area (Å²) in [5.74, 6) is 0.122. The van der Waals surface area contributed by atoms with E-state index in [4.69, 9.17) is 4.74 Å². The van der Waals surface area contributed by atoms with Crippen LogP contribution in [0.5, 0.6) is 0 Å². The number of ether oxygens (including phenoxy) is 1. The zero-order valence-electron chi connectivity index (χ0n) is 14.7. The Morgan fingerprint density at radius 3 is 2.48 bits per heavy atom. The van der Waals surface area contributed by atoms with E-state index in [2.05, 4.69) is 15.6 Å². The summed E-state index contributed by atoms with van der Waals surface area (Å²) in [6.45, 7) is 3.99. The number of amides is 1. The number of nitrogens with zero attached hydrogens (tertiary/aromatic N) is 1. The van der Waals surface area contributed by atoms with Crippen molar-refractivity contribution in [3.8, 4) is 0 Å². The molecule has 2 N–H and O–H groups in total. The molecule has 0 fully saturated rings. The van der Waals surface area contributed by atoms with Gasteiger partial charge in [0.05, 0.1) is 24.6 Å². The molecule has 0 spiro atoms. The van der Waals surface area contributed by atoms with Gasteiger partial charge in [-0.15, -0.1) is 0 Å². The lowest BCUT2D eigenvalue weighted by atomic mass is 10.0. The smallest absolute Gasteiger partial charge is 0.337 e. The highest BCUT2D eigenvalue weighted by Crippen LogP contribution is 2.19. The first kappa shape index (κ1) is 18.4. The predicted octanol–water partition coefficient (Wildman–Crippen LogP) is 3.99. The van der Waals surface area contributed by atoms with Gasteiger partial charge in [0, 0.05) is 11.6 Å². The maximum Gasteiger partial charge on any atom is 0.337 e. The minimum Gasteiger partial charge on any atom is -0.465 e. The fourth-order valence-electron chi connectivity index (χ4n) is 2.44. The molecule has 0 atom stereocenters. The first-order chi connectivity index (χ1) is 12.1. The van der Waals surface area contributed by atoms with Crippen LogP contribution in [0.1, 0.15) is 37.0 Å². The molecule has 1 aromatic heterocycles. The molecule has 2 rings (SSSR count). The van der Waals surface area contributed by atoms with Crippen molar-refractivity contribution in [1.82, 2.24) is 4.98 Å². The summed E-state index contributed by atoms with van der Waals surface area (Å²) in [5.41, 5.74) is 1.97. The normalized spacial score (nSPS) is 10.4. The standard InChI is InChI=1S/C19H23N3O3/c1-4-13(5-2)18(23)22-17-10-9-16(12-20-17)21-15-8-6-7-14(11-15)19(24)25-3/h6-13,21H,4-5H2,1-3H3,(H,20,22,23). The lowest BCUT2D eigenvalue weighted by molar-refractivity contribution is -0.120. The monoisotopic (exact) mass is 341 g/mol. The van der Waals surface area contributed by atoms with Gasteiger partial charge in [0.1, 0.15) is 5.82 Å². The van der Waals surface area contributed by atoms with E-state index >= 15 is 0 Å². The Labute approximate surface area is 147 Å². The summed E-state index contributed by atoms with van der Waals surface area (Å²) in [7, 11) is 1.35. The Hall–Kier alpha value is -2.89. The average molecular weight is 341 g/mol. The number of anilines is 3. The molecule has 0 aliphatic rings. The summed E-state index contributed by atoms with van der Waals surface area (Å²) in [6.07, 6.45) is 3.24.